The minimum atomic E-state index is -3.07. The summed E-state index contributed by atoms with van der Waals surface area (Å²) in [6, 6.07) is 8.29. The highest BCUT2D eigenvalue weighted by Gasteiger charge is 2.33. The molecule has 1 amide bonds. The van der Waals surface area contributed by atoms with Crippen molar-refractivity contribution in [3.05, 3.63) is 52.4 Å². The summed E-state index contributed by atoms with van der Waals surface area (Å²) in [6.45, 7) is 0.369. The average molecular weight is 417 g/mol. The fourth-order valence-corrected chi connectivity index (χ4v) is 5.06. The molecule has 1 saturated heterocycles. The topological polar surface area (TPSA) is 79.6 Å². The van der Waals surface area contributed by atoms with Crippen molar-refractivity contribution in [1.29, 1.82) is 0 Å². The van der Waals surface area contributed by atoms with Gasteiger partial charge in [-0.3, -0.25) is 9.69 Å². The summed E-state index contributed by atoms with van der Waals surface area (Å²) in [5.74, 6) is 0.542. The Bertz CT molecular complexity index is 884. The Morgan fingerprint density at radius 1 is 1.27 bits per heavy atom. The van der Waals surface area contributed by atoms with Crippen LogP contribution in [0, 0.1) is 0 Å². The molecule has 1 atom stereocenters. The van der Waals surface area contributed by atoms with Gasteiger partial charge in [-0.2, -0.15) is 0 Å². The third-order valence-electron chi connectivity index (χ3n) is 4.24. The number of sulfone groups is 1. The molecule has 1 N–H and O–H groups in total. The Kier molecular flexibility index (Phi) is 5.92. The van der Waals surface area contributed by atoms with Crippen molar-refractivity contribution in [1.82, 2.24) is 4.90 Å². The molecule has 0 aliphatic carbocycles. The van der Waals surface area contributed by atoms with E-state index >= 15 is 0 Å². The monoisotopic (exact) mass is 416 g/mol. The Morgan fingerprint density at radius 2 is 2.08 bits per heavy atom. The third-order valence-corrected chi connectivity index (χ3v) is 6.81. The lowest BCUT2D eigenvalue weighted by Crippen LogP contribution is -2.41. The number of nitrogens with one attached hydrogen (secondary N) is 1. The van der Waals surface area contributed by atoms with Gasteiger partial charge in [0.25, 0.3) is 0 Å². The van der Waals surface area contributed by atoms with Crippen LogP contribution in [0.4, 0.5) is 5.69 Å². The molecular weight excluding hydrogens is 399 g/mol. The summed E-state index contributed by atoms with van der Waals surface area (Å²) in [5, 5.41) is 3.34. The Morgan fingerprint density at radius 3 is 2.73 bits per heavy atom. The van der Waals surface area contributed by atoms with Gasteiger partial charge in [-0.1, -0.05) is 29.3 Å². The summed E-state index contributed by atoms with van der Waals surface area (Å²) in [7, 11) is -3.07. The van der Waals surface area contributed by atoms with Gasteiger partial charge in [0.05, 0.1) is 46.6 Å². The second-order valence-electron chi connectivity index (χ2n) is 6.19. The Labute approximate surface area is 162 Å². The van der Waals surface area contributed by atoms with Crippen LogP contribution in [0.25, 0.3) is 0 Å². The smallest absolute Gasteiger partial charge is 0.238 e. The first-order valence-corrected chi connectivity index (χ1v) is 10.6. The van der Waals surface area contributed by atoms with Crippen LogP contribution >= 0.6 is 23.2 Å². The maximum Gasteiger partial charge on any atom is 0.238 e. The minimum absolute atomic E-state index is 0.0176. The maximum atomic E-state index is 12.5. The number of anilines is 1. The molecule has 1 aromatic carbocycles. The first-order valence-electron chi connectivity index (χ1n) is 8.05. The van der Waals surface area contributed by atoms with Crippen LogP contribution in [0.5, 0.6) is 0 Å². The summed E-state index contributed by atoms with van der Waals surface area (Å²) in [5.41, 5.74) is 0.418. The van der Waals surface area contributed by atoms with E-state index in [-0.39, 0.29) is 35.0 Å². The highest BCUT2D eigenvalue weighted by molar-refractivity contribution is 7.91. The number of nitrogens with zero attached hydrogens (tertiary/aromatic N) is 1. The zero-order valence-electron chi connectivity index (χ0n) is 13.8. The van der Waals surface area contributed by atoms with Gasteiger partial charge < -0.3 is 9.73 Å². The molecule has 6 nitrogen and oxygen atoms in total. The Hall–Kier alpha value is -1.54. The number of carbonyl (C=O) groups is 1. The summed E-state index contributed by atoms with van der Waals surface area (Å²) in [6.07, 6.45) is 2.04. The van der Waals surface area contributed by atoms with Crippen molar-refractivity contribution < 1.29 is 17.6 Å². The van der Waals surface area contributed by atoms with Gasteiger partial charge in [0.1, 0.15) is 5.76 Å². The van der Waals surface area contributed by atoms with Gasteiger partial charge in [-0.25, -0.2) is 8.42 Å². The van der Waals surface area contributed by atoms with Crippen molar-refractivity contribution in [2.24, 2.45) is 0 Å². The SMILES string of the molecule is O=C(CN(Cc1ccco1)[C@H]1CCS(=O)(=O)C1)Nc1cccc(Cl)c1Cl. The molecule has 1 fully saturated rings. The molecule has 3 rings (SSSR count). The number of rotatable bonds is 6. The van der Waals surface area contributed by atoms with Crippen LogP contribution in [0.3, 0.4) is 0 Å². The normalized spacial score (nSPS) is 19.0. The van der Waals surface area contributed by atoms with Gasteiger partial charge >= 0.3 is 0 Å². The first-order chi connectivity index (χ1) is 12.3. The van der Waals surface area contributed by atoms with E-state index in [1.165, 1.54) is 0 Å². The summed E-state index contributed by atoms with van der Waals surface area (Å²) < 4.78 is 29.0. The molecule has 1 aliphatic rings. The van der Waals surface area contributed by atoms with Crippen molar-refractivity contribution in [2.45, 2.75) is 19.0 Å². The van der Waals surface area contributed by atoms with Gasteiger partial charge in [0, 0.05) is 6.04 Å². The molecule has 0 saturated carbocycles. The number of halogens is 2. The van der Waals surface area contributed by atoms with Crippen molar-refractivity contribution in [3.63, 3.8) is 0 Å². The highest BCUT2D eigenvalue weighted by Crippen LogP contribution is 2.29. The standard InChI is InChI=1S/C17H18Cl2N2O4S/c18-14-4-1-5-15(17(14)19)20-16(22)10-21(9-13-3-2-7-25-13)12-6-8-26(23,24)11-12/h1-5,7,12H,6,8-11H2,(H,20,22)/t12-/m0/s1. The molecule has 1 aliphatic heterocycles. The van der Waals surface area contributed by atoms with E-state index < -0.39 is 9.84 Å². The van der Waals surface area contributed by atoms with Crippen LogP contribution in [-0.2, 0) is 21.2 Å². The minimum Gasteiger partial charge on any atom is -0.468 e. The fourth-order valence-electron chi connectivity index (χ4n) is 2.95. The fraction of sp³-hybridized carbons (Fsp3) is 0.353. The maximum absolute atomic E-state index is 12.5. The summed E-state index contributed by atoms with van der Waals surface area (Å²) >= 11 is 12.1. The number of benzene rings is 1. The van der Waals surface area contributed by atoms with Gasteiger partial charge in [0.2, 0.25) is 5.91 Å². The molecule has 2 aromatic rings. The number of amides is 1. The van der Waals surface area contributed by atoms with Gasteiger partial charge in [-0.05, 0) is 30.7 Å². The molecular formula is C17H18Cl2N2O4S. The van der Waals surface area contributed by atoms with Crippen LogP contribution in [-0.4, -0.2) is 43.3 Å². The van der Waals surface area contributed by atoms with Gasteiger partial charge in [0.15, 0.2) is 9.84 Å². The third kappa shape index (κ3) is 4.79. The van der Waals surface area contributed by atoms with E-state index in [0.29, 0.717) is 29.4 Å². The van der Waals surface area contributed by atoms with E-state index in [4.69, 9.17) is 27.6 Å². The van der Waals surface area contributed by atoms with E-state index in [0.717, 1.165) is 0 Å². The molecule has 26 heavy (non-hydrogen) atoms. The largest absolute Gasteiger partial charge is 0.468 e. The average Bonchev–Trinajstić information content (AvgIpc) is 3.20. The van der Waals surface area contributed by atoms with E-state index in [9.17, 15) is 13.2 Å². The lowest BCUT2D eigenvalue weighted by Gasteiger charge is -2.26. The second-order valence-corrected chi connectivity index (χ2v) is 9.20. The van der Waals surface area contributed by atoms with E-state index in [1.807, 2.05) is 4.90 Å². The molecule has 2 heterocycles. The number of hydrogen-bond acceptors (Lipinski definition) is 5. The zero-order chi connectivity index (χ0) is 18.7. The highest BCUT2D eigenvalue weighted by atomic mass is 35.5. The van der Waals surface area contributed by atoms with E-state index in [1.54, 1.807) is 36.6 Å². The Balaban J connectivity index is 1.72. The van der Waals surface area contributed by atoms with Crippen LogP contribution in [0.1, 0.15) is 12.2 Å². The van der Waals surface area contributed by atoms with Gasteiger partial charge in [-0.15, -0.1) is 0 Å². The van der Waals surface area contributed by atoms with Crippen molar-refractivity contribution in [3.8, 4) is 0 Å². The molecule has 9 heteroatoms. The van der Waals surface area contributed by atoms with Crippen LogP contribution < -0.4 is 5.32 Å². The molecule has 140 valence electrons. The van der Waals surface area contributed by atoms with Crippen molar-refractivity contribution in [2.75, 3.05) is 23.4 Å². The molecule has 0 radical (unpaired) electrons. The summed E-state index contributed by atoms with van der Waals surface area (Å²) in [4.78, 5) is 14.3. The molecule has 1 aromatic heterocycles. The predicted molar refractivity (Wildman–Crippen MR) is 101 cm³/mol. The number of carbonyl (C=O) groups excluding carboxylic acids is 1. The quantitative estimate of drug-likeness (QED) is 0.781. The molecule has 0 bridgehead atoms. The lowest BCUT2D eigenvalue weighted by molar-refractivity contribution is -0.118. The first kappa shape index (κ1) is 19.2. The van der Waals surface area contributed by atoms with Crippen LogP contribution in [0.2, 0.25) is 10.0 Å². The predicted octanol–water partition coefficient (Wildman–Crippen LogP) is 3.21. The van der Waals surface area contributed by atoms with Crippen molar-refractivity contribution >= 4 is 44.6 Å². The molecule has 0 spiro atoms. The van der Waals surface area contributed by atoms with Crippen LogP contribution in [0.15, 0.2) is 41.0 Å². The number of hydrogen-bond donors (Lipinski definition) is 1. The van der Waals surface area contributed by atoms with E-state index in [2.05, 4.69) is 5.32 Å². The zero-order valence-corrected chi connectivity index (χ0v) is 16.1. The number of furan rings is 1. The molecule has 0 unspecified atom stereocenters. The second kappa shape index (κ2) is 8.00. The lowest BCUT2D eigenvalue weighted by atomic mass is 10.2.